The molecule has 0 amide bonds. The number of aliphatic imine (C=N–C) groups is 1. The molecule has 23 heavy (non-hydrogen) atoms. The summed E-state index contributed by atoms with van der Waals surface area (Å²) in [5.41, 5.74) is 9.26. The molecule has 0 saturated heterocycles. The van der Waals surface area contributed by atoms with Gasteiger partial charge in [-0.05, 0) is 24.6 Å². The topological polar surface area (TPSA) is 59.6 Å². The molecule has 0 aliphatic rings. The third kappa shape index (κ3) is 4.49. The minimum Gasteiger partial charge on any atom is -0.495 e. The number of aryl methyl sites for hydroxylation is 1. The molecule has 3 N–H and O–H groups in total. The van der Waals surface area contributed by atoms with E-state index in [-0.39, 0.29) is 5.41 Å². The van der Waals surface area contributed by atoms with Crippen molar-refractivity contribution in [3.63, 3.8) is 0 Å². The van der Waals surface area contributed by atoms with Crippen LogP contribution in [0.4, 0.5) is 5.69 Å². The van der Waals surface area contributed by atoms with Gasteiger partial charge in [0, 0.05) is 5.41 Å². The Kier molecular flexibility index (Phi) is 5.27. The first kappa shape index (κ1) is 16.9. The lowest BCUT2D eigenvalue weighted by Crippen LogP contribution is -2.28. The molecule has 2 aromatic carbocycles. The van der Waals surface area contributed by atoms with Crippen LogP contribution in [0.2, 0.25) is 0 Å². The van der Waals surface area contributed by atoms with Crippen molar-refractivity contribution in [3.05, 3.63) is 59.7 Å². The Balaban J connectivity index is 2.09. The van der Waals surface area contributed by atoms with Gasteiger partial charge in [-0.25, -0.2) is 0 Å². The average Bonchev–Trinajstić information content (AvgIpc) is 2.53. The Morgan fingerprint density at radius 2 is 1.91 bits per heavy atom. The van der Waals surface area contributed by atoms with E-state index in [1.54, 1.807) is 7.11 Å². The predicted molar refractivity (Wildman–Crippen MR) is 97.3 cm³/mol. The zero-order valence-electron chi connectivity index (χ0n) is 14.3. The largest absolute Gasteiger partial charge is 0.495 e. The highest BCUT2D eigenvalue weighted by Gasteiger charge is 2.20. The lowest BCUT2D eigenvalue weighted by molar-refractivity contribution is 0.417. The van der Waals surface area contributed by atoms with E-state index in [1.165, 1.54) is 11.1 Å². The molecule has 2 aromatic rings. The molecule has 0 saturated carbocycles. The number of hydrogen-bond donors (Lipinski definition) is 2. The van der Waals surface area contributed by atoms with E-state index in [0.717, 1.165) is 11.4 Å². The van der Waals surface area contributed by atoms with E-state index >= 15 is 0 Å². The highest BCUT2D eigenvalue weighted by atomic mass is 16.5. The monoisotopic (exact) mass is 311 g/mol. The molecule has 0 aliphatic heterocycles. The zero-order chi connectivity index (χ0) is 16.9. The highest BCUT2D eigenvalue weighted by molar-refractivity contribution is 5.93. The van der Waals surface area contributed by atoms with Crippen molar-refractivity contribution in [2.75, 3.05) is 19.0 Å². The summed E-state index contributed by atoms with van der Waals surface area (Å²) in [6, 6.07) is 16.1. The molecule has 4 heteroatoms. The minimum atomic E-state index is -0.0842. The molecule has 122 valence electrons. The molecular formula is C19H25N3O. The van der Waals surface area contributed by atoms with Gasteiger partial charge in [-0.2, -0.15) is 0 Å². The second-order valence-electron chi connectivity index (χ2n) is 6.28. The number of benzene rings is 2. The maximum absolute atomic E-state index is 6.03. The summed E-state index contributed by atoms with van der Waals surface area (Å²) >= 11 is 0. The molecule has 0 aliphatic carbocycles. The number of methoxy groups -OCH3 is 1. The van der Waals surface area contributed by atoms with Gasteiger partial charge in [0.1, 0.15) is 5.75 Å². The lowest BCUT2D eigenvalue weighted by atomic mass is 9.84. The molecule has 4 nitrogen and oxygen atoms in total. The first-order valence-corrected chi connectivity index (χ1v) is 7.69. The quantitative estimate of drug-likeness (QED) is 0.654. The number of rotatable bonds is 5. The summed E-state index contributed by atoms with van der Waals surface area (Å²) in [6.45, 7) is 7.04. The Bertz CT molecular complexity index is 693. The maximum Gasteiger partial charge on any atom is 0.193 e. The van der Waals surface area contributed by atoms with Crippen LogP contribution in [-0.2, 0) is 5.41 Å². The highest BCUT2D eigenvalue weighted by Crippen LogP contribution is 2.25. The maximum atomic E-state index is 6.03. The Labute approximate surface area is 138 Å². The van der Waals surface area contributed by atoms with Gasteiger partial charge in [-0.1, -0.05) is 55.8 Å². The summed E-state index contributed by atoms with van der Waals surface area (Å²) in [5, 5.41) is 3.10. The fourth-order valence-corrected chi connectivity index (χ4v) is 2.37. The average molecular weight is 311 g/mol. The molecular weight excluding hydrogens is 286 g/mol. The zero-order valence-corrected chi connectivity index (χ0v) is 14.3. The van der Waals surface area contributed by atoms with Crippen molar-refractivity contribution >= 4 is 11.6 Å². The third-order valence-corrected chi connectivity index (χ3v) is 3.81. The summed E-state index contributed by atoms with van der Waals surface area (Å²) in [5.74, 6) is 1.12. The van der Waals surface area contributed by atoms with Crippen molar-refractivity contribution in [2.45, 2.75) is 26.2 Å². The van der Waals surface area contributed by atoms with Crippen LogP contribution in [-0.4, -0.2) is 19.6 Å². The number of para-hydroxylation sites is 2. The van der Waals surface area contributed by atoms with Crippen molar-refractivity contribution in [1.82, 2.24) is 0 Å². The standard InChI is InChI=1S/C19H25N3O/c1-14-8-7-9-15(12-14)19(2,3)13-21-18(20)22-16-10-5-6-11-17(16)23-4/h5-12H,13H2,1-4H3,(H3,20,21,22). The van der Waals surface area contributed by atoms with Crippen LogP contribution >= 0.6 is 0 Å². The van der Waals surface area contributed by atoms with Crippen LogP contribution in [0.25, 0.3) is 0 Å². The second-order valence-corrected chi connectivity index (χ2v) is 6.28. The third-order valence-electron chi connectivity index (χ3n) is 3.81. The molecule has 0 radical (unpaired) electrons. The number of ether oxygens (including phenoxy) is 1. The molecule has 0 fully saturated rings. The Hall–Kier alpha value is -2.49. The van der Waals surface area contributed by atoms with Crippen LogP contribution in [0.1, 0.15) is 25.0 Å². The van der Waals surface area contributed by atoms with Crippen LogP contribution < -0.4 is 15.8 Å². The van der Waals surface area contributed by atoms with Gasteiger partial charge in [-0.15, -0.1) is 0 Å². The lowest BCUT2D eigenvalue weighted by Gasteiger charge is -2.24. The van der Waals surface area contributed by atoms with Gasteiger partial charge in [-0.3, -0.25) is 4.99 Å². The van der Waals surface area contributed by atoms with Crippen molar-refractivity contribution < 1.29 is 4.74 Å². The van der Waals surface area contributed by atoms with E-state index < -0.39 is 0 Å². The number of nitrogens with zero attached hydrogens (tertiary/aromatic N) is 1. The van der Waals surface area contributed by atoms with Crippen molar-refractivity contribution in [2.24, 2.45) is 10.7 Å². The van der Waals surface area contributed by atoms with Gasteiger partial charge < -0.3 is 15.8 Å². The first-order valence-electron chi connectivity index (χ1n) is 7.69. The predicted octanol–water partition coefficient (Wildman–Crippen LogP) is 3.71. The van der Waals surface area contributed by atoms with E-state index in [0.29, 0.717) is 12.5 Å². The smallest absolute Gasteiger partial charge is 0.193 e. The summed E-state index contributed by atoms with van der Waals surface area (Å²) < 4.78 is 5.30. The fourth-order valence-electron chi connectivity index (χ4n) is 2.37. The number of anilines is 1. The van der Waals surface area contributed by atoms with E-state index in [2.05, 4.69) is 55.3 Å². The van der Waals surface area contributed by atoms with Gasteiger partial charge in [0.2, 0.25) is 0 Å². The molecule has 0 unspecified atom stereocenters. The number of guanidine groups is 1. The molecule has 0 atom stereocenters. The molecule has 0 spiro atoms. The van der Waals surface area contributed by atoms with Gasteiger partial charge >= 0.3 is 0 Å². The van der Waals surface area contributed by atoms with E-state index in [4.69, 9.17) is 10.5 Å². The second kappa shape index (κ2) is 7.18. The van der Waals surface area contributed by atoms with Gasteiger partial charge in [0.25, 0.3) is 0 Å². The Morgan fingerprint density at radius 3 is 2.61 bits per heavy atom. The van der Waals surface area contributed by atoms with E-state index in [1.807, 2.05) is 24.3 Å². The van der Waals surface area contributed by atoms with Crippen molar-refractivity contribution in [1.29, 1.82) is 0 Å². The molecule has 0 heterocycles. The van der Waals surface area contributed by atoms with Gasteiger partial charge in [0.05, 0.1) is 19.3 Å². The number of hydrogen-bond acceptors (Lipinski definition) is 2. The molecule has 2 rings (SSSR count). The van der Waals surface area contributed by atoms with Crippen LogP contribution in [0.5, 0.6) is 5.75 Å². The fraction of sp³-hybridized carbons (Fsp3) is 0.316. The van der Waals surface area contributed by atoms with Crippen LogP contribution in [0, 0.1) is 6.92 Å². The molecule has 0 aromatic heterocycles. The summed E-state index contributed by atoms with van der Waals surface area (Å²) in [7, 11) is 1.63. The number of nitrogens with two attached hydrogens (primary N) is 1. The summed E-state index contributed by atoms with van der Waals surface area (Å²) in [4.78, 5) is 4.50. The minimum absolute atomic E-state index is 0.0842. The van der Waals surface area contributed by atoms with Gasteiger partial charge in [0.15, 0.2) is 5.96 Å². The molecule has 0 bridgehead atoms. The number of nitrogens with one attached hydrogen (secondary N) is 1. The summed E-state index contributed by atoms with van der Waals surface area (Å²) in [6.07, 6.45) is 0. The van der Waals surface area contributed by atoms with Crippen molar-refractivity contribution in [3.8, 4) is 5.75 Å². The van der Waals surface area contributed by atoms with Crippen LogP contribution in [0.3, 0.4) is 0 Å². The Morgan fingerprint density at radius 1 is 1.17 bits per heavy atom. The van der Waals surface area contributed by atoms with E-state index in [9.17, 15) is 0 Å². The van der Waals surface area contributed by atoms with Crippen LogP contribution in [0.15, 0.2) is 53.5 Å². The first-order chi connectivity index (χ1) is 10.9. The normalized spacial score (nSPS) is 12.1. The SMILES string of the molecule is COc1ccccc1NC(N)=NCC(C)(C)c1cccc(C)c1.